The van der Waals surface area contributed by atoms with Crippen molar-refractivity contribution in [3.8, 4) is 0 Å². The zero-order valence-electron chi connectivity index (χ0n) is 12.7. The van der Waals surface area contributed by atoms with E-state index in [2.05, 4.69) is 5.10 Å². The predicted octanol–water partition coefficient (Wildman–Crippen LogP) is 3.08. The fraction of sp³-hybridized carbons (Fsp3) is 0.412. The van der Waals surface area contributed by atoms with Gasteiger partial charge in [0, 0.05) is 31.4 Å². The van der Waals surface area contributed by atoms with Gasteiger partial charge in [-0.1, -0.05) is 12.1 Å². The minimum Gasteiger partial charge on any atom is -0.336 e. The van der Waals surface area contributed by atoms with Crippen molar-refractivity contribution in [3.63, 3.8) is 0 Å². The maximum Gasteiger partial charge on any atom is 0.224 e. The monoisotopic (exact) mass is 301 g/mol. The SMILES string of the molecule is Cc1ccnn1CCC(=O)N1CCCC1c1ccc(F)cc1. The first-order chi connectivity index (χ1) is 10.6. The predicted molar refractivity (Wildman–Crippen MR) is 81.7 cm³/mol. The van der Waals surface area contributed by atoms with Crippen molar-refractivity contribution in [1.82, 2.24) is 14.7 Å². The van der Waals surface area contributed by atoms with Crippen molar-refractivity contribution in [2.45, 2.75) is 38.8 Å². The third kappa shape index (κ3) is 3.03. The minimum absolute atomic E-state index is 0.0758. The van der Waals surface area contributed by atoms with Crippen LogP contribution in [-0.4, -0.2) is 27.1 Å². The zero-order chi connectivity index (χ0) is 15.5. The molecule has 116 valence electrons. The molecule has 1 aromatic carbocycles. The van der Waals surface area contributed by atoms with Crippen molar-refractivity contribution in [2.24, 2.45) is 0 Å². The first-order valence-corrected chi connectivity index (χ1v) is 7.68. The van der Waals surface area contributed by atoms with Crippen LogP contribution in [0.5, 0.6) is 0 Å². The summed E-state index contributed by atoms with van der Waals surface area (Å²) in [6, 6.07) is 8.49. The van der Waals surface area contributed by atoms with Gasteiger partial charge in [-0.05, 0) is 43.5 Å². The van der Waals surface area contributed by atoms with Crippen LogP contribution in [0, 0.1) is 12.7 Å². The number of rotatable bonds is 4. The number of likely N-dealkylation sites (tertiary alicyclic amines) is 1. The molecule has 3 rings (SSSR count). The molecular formula is C17H20FN3O. The fourth-order valence-electron chi connectivity index (χ4n) is 3.07. The highest BCUT2D eigenvalue weighted by Gasteiger charge is 2.29. The molecule has 4 nitrogen and oxygen atoms in total. The lowest BCUT2D eigenvalue weighted by Crippen LogP contribution is -2.31. The molecule has 1 fully saturated rings. The number of nitrogens with zero attached hydrogens (tertiary/aromatic N) is 3. The highest BCUT2D eigenvalue weighted by Crippen LogP contribution is 2.32. The van der Waals surface area contributed by atoms with E-state index in [9.17, 15) is 9.18 Å². The molecule has 1 unspecified atom stereocenters. The second kappa shape index (κ2) is 6.30. The molecular weight excluding hydrogens is 281 g/mol. The van der Waals surface area contributed by atoms with E-state index in [0.29, 0.717) is 13.0 Å². The average Bonchev–Trinajstić information content (AvgIpc) is 3.15. The zero-order valence-corrected chi connectivity index (χ0v) is 12.7. The molecule has 0 N–H and O–H groups in total. The van der Waals surface area contributed by atoms with E-state index >= 15 is 0 Å². The number of aryl methyl sites for hydroxylation is 2. The van der Waals surface area contributed by atoms with E-state index in [1.165, 1.54) is 12.1 Å². The van der Waals surface area contributed by atoms with Crippen molar-refractivity contribution < 1.29 is 9.18 Å². The molecule has 0 saturated carbocycles. The highest BCUT2D eigenvalue weighted by atomic mass is 19.1. The summed E-state index contributed by atoms with van der Waals surface area (Å²) >= 11 is 0. The number of aromatic nitrogens is 2. The Labute approximate surface area is 129 Å². The van der Waals surface area contributed by atoms with E-state index in [4.69, 9.17) is 0 Å². The molecule has 0 aliphatic carbocycles. The second-order valence-corrected chi connectivity index (χ2v) is 5.74. The van der Waals surface area contributed by atoms with E-state index in [1.54, 1.807) is 18.3 Å². The second-order valence-electron chi connectivity index (χ2n) is 5.74. The van der Waals surface area contributed by atoms with Crippen LogP contribution in [0.1, 0.15) is 36.6 Å². The van der Waals surface area contributed by atoms with Gasteiger partial charge in [0.15, 0.2) is 0 Å². The van der Waals surface area contributed by atoms with Gasteiger partial charge in [-0.2, -0.15) is 5.10 Å². The average molecular weight is 301 g/mol. The highest BCUT2D eigenvalue weighted by molar-refractivity contribution is 5.77. The molecule has 22 heavy (non-hydrogen) atoms. The van der Waals surface area contributed by atoms with E-state index < -0.39 is 0 Å². The van der Waals surface area contributed by atoms with Gasteiger partial charge in [-0.15, -0.1) is 0 Å². The van der Waals surface area contributed by atoms with Gasteiger partial charge in [0.1, 0.15) is 5.82 Å². The molecule has 2 aromatic rings. The molecule has 1 aliphatic rings. The molecule has 0 spiro atoms. The Morgan fingerprint density at radius 1 is 1.32 bits per heavy atom. The lowest BCUT2D eigenvalue weighted by molar-refractivity contribution is -0.132. The number of hydrogen-bond donors (Lipinski definition) is 0. The van der Waals surface area contributed by atoms with E-state index in [0.717, 1.165) is 30.6 Å². The Bertz CT molecular complexity index is 650. The number of benzene rings is 1. The fourth-order valence-corrected chi connectivity index (χ4v) is 3.07. The Hall–Kier alpha value is -2.17. The van der Waals surface area contributed by atoms with Crippen LogP contribution in [0.25, 0.3) is 0 Å². The normalized spacial score (nSPS) is 17.9. The number of hydrogen-bond acceptors (Lipinski definition) is 2. The standard InChI is InChI=1S/C17H20FN3O/c1-13-8-10-19-21(13)12-9-17(22)20-11-2-3-16(20)14-4-6-15(18)7-5-14/h4-8,10,16H,2-3,9,11-12H2,1H3. The van der Waals surface area contributed by atoms with E-state index in [1.807, 2.05) is 22.6 Å². The third-order valence-electron chi connectivity index (χ3n) is 4.29. The largest absolute Gasteiger partial charge is 0.336 e. The summed E-state index contributed by atoms with van der Waals surface area (Å²) < 4.78 is 14.9. The number of carbonyl (C=O) groups excluding carboxylic acids is 1. The summed E-state index contributed by atoms with van der Waals surface area (Å²) in [7, 11) is 0. The van der Waals surface area contributed by atoms with Crippen LogP contribution >= 0.6 is 0 Å². The quantitative estimate of drug-likeness (QED) is 0.870. The van der Waals surface area contributed by atoms with Gasteiger partial charge in [0.25, 0.3) is 0 Å². The Morgan fingerprint density at radius 3 is 2.77 bits per heavy atom. The summed E-state index contributed by atoms with van der Waals surface area (Å²) in [4.78, 5) is 14.4. The van der Waals surface area contributed by atoms with Crippen LogP contribution < -0.4 is 0 Å². The van der Waals surface area contributed by atoms with Crippen molar-refractivity contribution in [1.29, 1.82) is 0 Å². The van der Waals surface area contributed by atoms with Crippen LogP contribution in [0.2, 0.25) is 0 Å². The lowest BCUT2D eigenvalue weighted by Gasteiger charge is -2.25. The molecule has 5 heteroatoms. The van der Waals surface area contributed by atoms with Crippen LogP contribution in [0.15, 0.2) is 36.5 Å². The number of amides is 1. The van der Waals surface area contributed by atoms with Gasteiger partial charge in [0.2, 0.25) is 5.91 Å². The Kier molecular flexibility index (Phi) is 4.22. The Morgan fingerprint density at radius 2 is 2.09 bits per heavy atom. The van der Waals surface area contributed by atoms with Crippen molar-refractivity contribution >= 4 is 5.91 Å². The summed E-state index contributed by atoms with van der Waals surface area (Å²) in [5, 5.41) is 4.21. The van der Waals surface area contributed by atoms with Gasteiger partial charge in [-0.3, -0.25) is 9.48 Å². The Balaban J connectivity index is 1.66. The minimum atomic E-state index is -0.242. The molecule has 1 amide bonds. The summed E-state index contributed by atoms with van der Waals surface area (Å²) in [6.07, 6.45) is 4.13. The maximum atomic E-state index is 13.1. The van der Waals surface area contributed by atoms with Crippen LogP contribution in [0.3, 0.4) is 0 Å². The molecule has 1 atom stereocenters. The lowest BCUT2D eigenvalue weighted by atomic mass is 10.0. The summed E-state index contributed by atoms with van der Waals surface area (Å²) in [5.74, 6) is -0.101. The first kappa shape index (κ1) is 14.8. The number of carbonyl (C=O) groups is 1. The smallest absolute Gasteiger partial charge is 0.224 e. The maximum absolute atomic E-state index is 13.1. The molecule has 0 radical (unpaired) electrons. The first-order valence-electron chi connectivity index (χ1n) is 7.68. The number of halogens is 1. The molecule has 0 bridgehead atoms. The van der Waals surface area contributed by atoms with Gasteiger partial charge < -0.3 is 4.90 Å². The topological polar surface area (TPSA) is 38.1 Å². The van der Waals surface area contributed by atoms with Gasteiger partial charge >= 0.3 is 0 Å². The van der Waals surface area contributed by atoms with Crippen LogP contribution in [0.4, 0.5) is 4.39 Å². The molecule has 1 saturated heterocycles. The summed E-state index contributed by atoms with van der Waals surface area (Å²) in [6.45, 7) is 3.36. The van der Waals surface area contributed by atoms with Gasteiger partial charge in [-0.25, -0.2) is 4.39 Å². The molecule has 2 heterocycles. The van der Waals surface area contributed by atoms with Gasteiger partial charge in [0.05, 0.1) is 6.04 Å². The van der Waals surface area contributed by atoms with Crippen LogP contribution in [-0.2, 0) is 11.3 Å². The summed E-state index contributed by atoms with van der Waals surface area (Å²) in [5.41, 5.74) is 2.08. The van der Waals surface area contributed by atoms with Crippen molar-refractivity contribution in [3.05, 3.63) is 53.6 Å². The third-order valence-corrected chi connectivity index (χ3v) is 4.29. The molecule has 1 aliphatic heterocycles. The van der Waals surface area contributed by atoms with Crippen molar-refractivity contribution in [2.75, 3.05) is 6.54 Å². The molecule has 1 aromatic heterocycles. The van der Waals surface area contributed by atoms with E-state index in [-0.39, 0.29) is 17.8 Å².